The Morgan fingerprint density at radius 2 is 1.83 bits per heavy atom. The molecule has 1 atom stereocenters. The van der Waals surface area contributed by atoms with E-state index in [0.29, 0.717) is 0 Å². The summed E-state index contributed by atoms with van der Waals surface area (Å²) in [6.45, 7) is 2.18. The van der Waals surface area contributed by atoms with Crippen LogP contribution in [0.4, 0.5) is 0 Å². The Morgan fingerprint density at radius 1 is 1.11 bits per heavy atom. The van der Waals surface area contributed by atoms with Crippen molar-refractivity contribution in [1.29, 1.82) is 5.26 Å². The summed E-state index contributed by atoms with van der Waals surface area (Å²) < 4.78 is 0. The molecule has 1 aliphatic rings. The van der Waals surface area contributed by atoms with Crippen molar-refractivity contribution in [2.45, 2.75) is 31.1 Å². The first-order valence-corrected chi connectivity index (χ1v) is 6.42. The van der Waals surface area contributed by atoms with E-state index >= 15 is 0 Å². The average Bonchev–Trinajstić information content (AvgIpc) is 2.37. The van der Waals surface area contributed by atoms with E-state index in [1.807, 2.05) is 18.2 Å². The number of benzene rings is 1. The molecule has 1 saturated heterocycles. The van der Waals surface area contributed by atoms with Crippen LogP contribution in [0.15, 0.2) is 30.3 Å². The fourth-order valence-electron chi connectivity index (χ4n) is 2.65. The topological polar surface area (TPSA) is 27.0 Å². The number of hydrogen-bond acceptors (Lipinski definition) is 2. The van der Waals surface area contributed by atoms with Crippen LogP contribution < -0.4 is 0 Å². The molecular weight excluding hydrogens is 244 g/mol. The maximum atomic E-state index is 9.63. The largest absolute Gasteiger partial charge is 0.306 e. The minimum absolute atomic E-state index is 0. The second-order valence-electron chi connectivity index (χ2n) is 5.07. The number of nitrogens with zero attached hydrogens (tertiary/aromatic N) is 2. The van der Waals surface area contributed by atoms with E-state index < -0.39 is 0 Å². The summed E-state index contributed by atoms with van der Waals surface area (Å²) in [6, 6.07) is 12.9. The van der Waals surface area contributed by atoms with Gasteiger partial charge in [0.15, 0.2) is 0 Å². The number of nitriles is 1. The lowest BCUT2D eigenvalue weighted by Crippen LogP contribution is -2.33. The van der Waals surface area contributed by atoms with Gasteiger partial charge in [0.05, 0.1) is 11.5 Å². The monoisotopic (exact) mass is 264 g/mol. The van der Waals surface area contributed by atoms with E-state index in [1.165, 1.54) is 12.0 Å². The van der Waals surface area contributed by atoms with Crippen LogP contribution in [-0.4, -0.2) is 25.0 Å². The third-order valence-electron chi connectivity index (χ3n) is 3.85. The van der Waals surface area contributed by atoms with Gasteiger partial charge in [-0.3, -0.25) is 0 Å². The van der Waals surface area contributed by atoms with Crippen molar-refractivity contribution in [3.8, 4) is 6.07 Å². The fraction of sp³-hybridized carbons (Fsp3) is 0.533. The standard InChI is InChI=1S/C15H20N2.ClH/c1-17-11-6-5-9-15(13-16,10-12-17)14-7-3-2-4-8-14;/h2-4,7-8H,5-6,9-12H2,1H3;1H. The van der Waals surface area contributed by atoms with Crippen LogP contribution in [0.1, 0.15) is 31.2 Å². The molecule has 3 heteroatoms. The van der Waals surface area contributed by atoms with Crippen molar-refractivity contribution < 1.29 is 0 Å². The molecule has 98 valence electrons. The highest BCUT2D eigenvalue weighted by molar-refractivity contribution is 5.85. The molecule has 0 aromatic heterocycles. The van der Waals surface area contributed by atoms with Crippen molar-refractivity contribution in [1.82, 2.24) is 4.90 Å². The highest BCUT2D eigenvalue weighted by Gasteiger charge is 2.32. The van der Waals surface area contributed by atoms with Gasteiger partial charge < -0.3 is 4.90 Å². The quantitative estimate of drug-likeness (QED) is 0.778. The third-order valence-corrected chi connectivity index (χ3v) is 3.85. The molecule has 1 aliphatic heterocycles. The van der Waals surface area contributed by atoms with Gasteiger partial charge in [-0.05, 0) is 45.0 Å². The van der Waals surface area contributed by atoms with Gasteiger partial charge in [-0.1, -0.05) is 36.8 Å². The van der Waals surface area contributed by atoms with Crippen LogP contribution in [-0.2, 0) is 5.41 Å². The zero-order chi connectivity index (χ0) is 12.1. The minimum Gasteiger partial charge on any atom is -0.306 e. The fourth-order valence-corrected chi connectivity index (χ4v) is 2.65. The summed E-state index contributed by atoms with van der Waals surface area (Å²) in [5.74, 6) is 0. The normalized spacial score (nSPS) is 25.3. The van der Waals surface area contributed by atoms with Crippen molar-refractivity contribution in [3.63, 3.8) is 0 Å². The smallest absolute Gasteiger partial charge is 0.0834 e. The second-order valence-corrected chi connectivity index (χ2v) is 5.07. The van der Waals surface area contributed by atoms with E-state index in [4.69, 9.17) is 0 Å². The first kappa shape index (κ1) is 15.0. The Hall–Kier alpha value is -1.04. The van der Waals surface area contributed by atoms with Crippen LogP contribution in [0.5, 0.6) is 0 Å². The Morgan fingerprint density at radius 3 is 2.50 bits per heavy atom. The molecule has 1 aromatic carbocycles. The van der Waals surface area contributed by atoms with E-state index in [0.717, 1.165) is 32.4 Å². The van der Waals surface area contributed by atoms with E-state index in [9.17, 15) is 5.26 Å². The van der Waals surface area contributed by atoms with Gasteiger partial charge in [0.1, 0.15) is 0 Å². The Labute approximate surface area is 116 Å². The summed E-state index contributed by atoms with van der Waals surface area (Å²) in [5.41, 5.74) is 0.924. The van der Waals surface area contributed by atoms with Gasteiger partial charge in [-0.15, -0.1) is 12.4 Å². The molecule has 0 saturated carbocycles. The molecule has 2 nitrogen and oxygen atoms in total. The van der Waals surface area contributed by atoms with E-state index in [2.05, 4.69) is 30.1 Å². The van der Waals surface area contributed by atoms with Gasteiger partial charge in [-0.25, -0.2) is 0 Å². The first-order valence-electron chi connectivity index (χ1n) is 6.42. The molecule has 1 heterocycles. The molecule has 0 spiro atoms. The van der Waals surface area contributed by atoms with Crippen molar-refractivity contribution in [2.24, 2.45) is 0 Å². The highest BCUT2D eigenvalue weighted by atomic mass is 35.5. The van der Waals surface area contributed by atoms with E-state index in [1.54, 1.807) is 0 Å². The third kappa shape index (κ3) is 3.25. The first-order chi connectivity index (χ1) is 8.27. The van der Waals surface area contributed by atoms with Gasteiger partial charge in [-0.2, -0.15) is 5.26 Å². The number of hydrogen-bond donors (Lipinski definition) is 0. The molecule has 0 radical (unpaired) electrons. The summed E-state index contributed by atoms with van der Waals surface area (Å²) in [7, 11) is 2.15. The summed E-state index contributed by atoms with van der Waals surface area (Å²) >= 11 is 0. The van der Waals surface area contributed by atoms with Crippen LogP contribution in [0.2, 0.25) is 0 Å². The molecule has 2 rings (SSSR count). The predicted molar refractivity (Wildman–Crippen MR) is 76.9 cm³/mol. The molecular formula is C15H21ClN2. The lowest BCUT2D eigenvalue weighted by Gasteiger charge is -2.32. The van der Waals surface area contributed by atoms with Crippen LogP contribution >= 0.6 is 12.4 Å². The summed E-state index contributed by atoms with van der Waals surface area (Å²) in [5, 5.41) is 9.63. The average molecular weight is 265 g/mol. The SMILES string of the molecule is CN1CCCCC(C#N)(c2ccccc2)CC1.Cl. The molecule has 1 aromatic rings. The van der Waals surface area contributed by atoms with Gasteiger partial charge in [0.25, 0.3) is 0 Å². The highest BCUT2D eigenvalue weighted by Crippen LogP contribution is 2.34. The van der Waals surface area contributed by atoms with Crippen molar-refractivity contribution in [3.05, 3.63) is 35.9 Å². The van der Waals surface area contributed by atoms with Crippen LogP contribution in [0.25, 0.3) is 0 Å². The Balaban J connectivity index is 0.00000162. The molecule has 18 heavy (non-hydrogen) atoms. The Kier molecular flexibility index (Phi) is 5.65. The zero-order valence-electron chi connectivity index (χ0n) is 10.9. The van der Waals surface area contributed by atoms with Gasteiger partial charge in [0.2, 0.25) is 0 Å². The number of rotatable bonds is 1. The predicted octanol–water partition coefficient (Wildman–Crippen LogP) is 3.38. The molecule has 0 N–H and O–H groups in total. The van der Waals surface area contributed by atoms with Crippen LogP contribution in [0, 0.1) is 11.3 Å². The minimum atomic E-state index is -0.268. The lowest BCUT2D eigenvalue weighted by molar-refractivity contribution is 0.259. The summed E-state index contributed by atoms with van der Waals surface area (Å²) in [6.07, 6.45) is 4.30. The molecule has 1 fully saturated rings. The summed E-state index contributed by atoms with van der Waals surface area (Å²) in [4.78, 5) is 2.34. The van der Waals surface area contributed by atoms with Crippen molar-refractivity contribution in [2.75, 3.05) is 20.1 Å². The van der Waals surface area contributed by atoms with Crippen LogP contribution in [0.3, 0.4) is 0 Å². The van der Waals surface area contributed by atoms with Gasteiger partial charge >= 0.3 is 0 Å². The second kappa shape index (κ2) is 6.78. The maximum absolute atomic E-state index is 9.63. The zero-order valence-corrected chi connectivity index (χ0v) is 11.7. The maximum Gasteiger partial charge on any atom is 0.0834 e. The molecule has 0 aliphatic carbocycles. The molecule has 0 bridgehead atoms. The van der Waals surface area contributed by atoms with Gasteiger partial charge in [0, 0.05) is 0 Å². The number of likely N-dealkylation sites (tertiary alicyclic amines) is 1. The number of halogens is 1. The Bertz CT molecular complexity index is 399. The molecule has 1 unspecified atom stereocenters. The lowest BCUT2D eigenvalue weighted by atomic mass is 9.74. The van der Waals surface area contributed by atoms with Crippen molar-refractivity contribution >= 4 is 12.4 Å². The molecule has 0 amide bonds. The van der Waals surface area contributed by atoms with E-state index in [-0.39, 0.29) is 17.8 Å².